The van der Waals surface area contributed by atoms with Crippen LogP contribution in [0.5, 0.6) is 5.75 Å². The molecule has 0 fully saturated rings. The van der Waals surface area contributed by atoms with E-state index in [0.717, 1.165) is 23.8 Å². The van der Waals surface area contributed by atoms with Crippen LogP contribution in [0, 0.1) is 11.7 Å². The topological polar surface area (TPSA) is 94.3 Å². The van der Waals surface area contributed by atoms with Gasteiger partial charge in [-0.3, -0.25) is 14.9 Å². The van der Waals surface area contributed by atoms with Crippen molar-refractivity contribution >= 4 is 22.4 Å². The van der Waals surface area contributed by atoms with E-state index in [-0.39, 0.29) is 18.1 Å². The van der Waals surface area contributed by atoms with Crippen molar-refractivity contribution in [2.45, 2.75) is 26.9 Å². The first-order valence-electron chi connectivity index (χ1n) is 8.55. The number of nitrogens with zero attached hydrogens (tertiary/aromatic N) is 2. The maximum atomic E-state index is 13.6. The number of halogens is 1. The van der Waals surface area contributed by atoms with Crippen LogP contribution in [0.2, 0.25) is 0 Å². The summed E-state index contributed by atoms with van der Waals surface area (Å²) in [6.45, 7) is 3.99. The Hall–Kier alpha value is -3.07. The molecule has 0 atom stereocenters. The number of ether oxygens (including phenoxy) is 1. The number of rotatable bonds is 7. The van der Waals surface area contributed by atoms with Crippen LogP contribution < -0.4 is 15.5 Å². The summed E-state index contributed by atoms with van der Waals surface area (Å²) in [7, 11) is 0. The summed E-state index contributed by atoms with van der Waals surface area (Å²) in [5.74, 6) is -0.938. The summed E-state index contributed by atoms with van der Waals surface area (Å²) in [5.41, 5.74) is -0.248. The highest BCUT2D eigenvalue weighted by Gasteiger charge is 2.15. The Kier molecular flexibility index (Phi) is 6.15. The Morgan fingerprint density at radius 1 is 1.32 bits per heavy atom. The second-order valence-electron chi connectivity index (χ2n) is 6.41. The maximum absolute atomic E-state index is 13.6. The number of hydrogen-bond acceptors (Lipinski definition) is 7. The largest absolute Gasteiger partial charge is 0.482 e. The molecule has 0 aliphatic carbocycles. The number of carbonyl (C=O) groups is 1. The Balaban J connectivity index is 1.64. The normalized spacial score (nSPS) is 10.9. The van der Waals surface area contributed by atoms with Gasteiger partial charge in [-0.2, -0.15) is 0 Å². The number of aromatic nitrogens is 2. The van der Waals surface area contributed by atoms with Crippen LogP contribution >= 0.6 is 11.3 Å². The zero-order valence-corrected chi connectivity index (χ0v) is 16.1. The molecule has 3 rings (SSSR count). The molecule has 1 aromatic carbocycles. The van der Waals surface area contributed by atoms with Gasteiger partial charge in [0.2, 0.25) is 16.3 Å². The lowest BCUT2D eigenvalue weighted by molar-refractivity contribution is 0.0993. The van der Waals surface area contributed by atoms with Gasteiger partial charge >= 0.3 is 0 Å². The van der Waals surface area contributed by atoms with Gasteiger partial charge < -0.3 is 9.15 Å². The number of hydrogen-bond donors (Lipinski definition) is 1. The lowest BCUT2D eigenvalue weighted by atomic mass is 10.1. The van der Waals surface area contributed by atoms with Crippen molar-refractivity contribution in [2.24, 2.45) is 5.92 Å². The minimum Gasteiger partial charge on any atom is -0.482 e. The molecule has 0 spiro atoms. The Morgan fingerprint density at radius 2 is 2.11 bits per heavy atom. The van der Waals surface area contributed by atoms with Crippen molar-refractivity contribution in [3.63, 3.8) is 0 Å². The van der Waals surface area contributed by atoms with E-state index in [4.69, 9.17) is 9.15 Å². The molecule has 28 heavy (non-hydrogen) atoms. The second kappa shape index (κ2) is 8.75. The fraction of sp³-hybridized carbons (Fsp3) is 0.263. The molecule has 2 aromatic heterocycles. The molecule has 146 valence electrons. The van der Waals surface area contributed by atoms with Crippen molar-refractivity contribution in [3.05, 3.63) is 69.0 Å². The van der Waals surface area contributed by atoms with Gasteiger partial charge in [0.15, 0.2) is 5.76 Å². The van der Waals surface area contributed by atoms with Crippen molar-refractivity contribution in [1.29, 1.82) is 0 Å². The van der Waals surface area contributed by atoms with Crippen LogP contribution in [-0.2, 0) is 13.0 Å². The zero-order chi connectivity index (χ0) is 20.1. The van der Waals surface area contributed by atoms with Gasteiger partial charge in [0.25, 0.3) is 5.91 Å². The molecule has 9 heteroatoms. The first kappa shape index (κ1) is 19.7. The molecule has 2 heterocycles. The fourth-order valence-electron chi connectivity index (χ4n) is 2.29. The third-order valence-electron chi connectivity index (χ3n) is 3.63. The van der Waals surface area contributed by atoms with E-state index in [0.29, 0.717) is 16.6 Å². The highest BCUT2D eigenvalue weighted by Crippen LogP contribution is 2.19. The minimum absolute atomic E-state index is 0.116. The average Bonchev–Trinajstić information content (AvgIpc) is 3.07. The summed E-state index contributed by atoms with van der Waals surface area (Å²) in [5, 5.41) is 11.6. The van der Waals surface area contributed by atoms with Crippen LogP contribution in [-0.4, -0.2) is 16.1 Å². The van der Waals surface area contributed by atoms with Crippen LogP contribution in [0.1, 0.15) is 35.0 Å². The molecule has 1 amide bonds. The Labute approximate surface area is 164 Å². The molecule has 0 saturated heterocycles. The van der Waals surface area contributed by atoms with E-state index >= 15 is 0 Å². The Bertz CT molecular complexity index is 1030. The van der Waals surface area contributed by atoms with Crippen molar-refractivity contribution in [1.82, 2.24) is 10.2 Å². The van der Waals surface area contributed by atoms with Gasteiger partial charge in [0.1, 0.15) is 23.7 Å². The van der Waals surface area contributed by atoms with Gasteiger partial charge in [-0.25, -0.2) is 4.39 Å². The highest BCUT2D eigenvalue weighted by molar-refractivity contribution is 7.15. The van der Waals surface area contributed by atoms with Gasteiger partial charge in [0, 0.05) is 18.1 Å². The molecule has 7 nitrogen and oxygen atoms in total. The van der Waals surface area contributed by atoms with Gasteiger partial charge in [0.05, 0.1) is 0 Å². The zero-order valence-electron chi connectivity index (χ0n) is 15.3. The first-order chi connectivity index (χ1) is 13.4. The van der Waals surface area contributed by atoms with Crippen LogP contribution in [0.3, 0.4) is 0 Å². The predicted octanol–water partition coefficient (Wildman–Crippen LogP) is 3.66. The number of amides is 1. The summed E-state index contributed by atoms with van der Waals surface area (Å²) in [4.78, 5) is 24.4. The average molecular weight is 403 g/mol. The third kappa shape index (κ3) is 5.01. The summed E-state index contributed by atoms with van der Waals surface area (Å²) >= 11 is 1.26. The monoisotopic (exact) mass is 403 g/mol. The number of carbonyl (C=O) groups excluding carboxylic acids is 1. The smallest absolute Gasteiger partial charge is 0.293 e. The standard InChI is InChI=1S/C19H18FN3O4S/c1-11(2)7-17-22-23-19(28-17)21-18(25)15-8-14(24)16(10-27-15)26-9-12-5-3-4-6-13(12)20/h3-6,8,10-11H,7,9H2,1-2H3,(H,21,23,25). The van der Waals surface area contributed by atoms with E-state index in [9.17, 15) is 14.0 Å². The summed E-state index contributed by atoms with van der Waals surface area (Å²) in [6, 6.07) is 7.09. The number of anilines is 1. The maximum Gasteiger partial charge on any atom is 0.293 e. The first-order valence-corrected chi connectivity index (χ1v) is 9.37. The quantitative estimate of drug-likeness (QED) is 0.647. The van der Waals surface area contributed by atoms with Crippen LogP contribution in [0.25, 0.3) is 0 Å². The van der Waals surface area contributed by atoms with E-state index < -0.39 is 17.2 Å². The molecule has 0 saturated carbocycles. The van der Waals surface area contributed by atoms with E-state index in [1.54, 1.807) is 18.2 Å². The molecule has 0 unspecified atom stereocenters. The Morgan fingerprint density at radius 3 is 2.82 bits per heavy atom. The van der Waals surface area contributed by atoms with Crippen molar-refractivity contribution < 1.29 is 18.3 Å². The van der Waals surface area contributed by atoms with Crippen molar-refractivity contribution in [3.8, 4) is 5.75 Å². The lowest BCUT2D eigenvalue weighted by Crippen LogP contribution is -2.15. The lowest BCUT2D eigenvalue weighted by Gasteiger charge is -2.06. The molecular formula is C19H18FN3O4S. The van der Waals surface area contributed by atoms with Gasteiger partial charge in [-0.1, -0.05) is 43.4 Å². The van der Waals surface area contributed by atoms with Crippen LogP contribution in [0.4, 0.5) is 9.52 Å². The third-order valence-corrected chi connectivity index (χ3v) is 4.49. The molecule has 0 radical (unpaired) electrons. The molecule has 0 bridgehead atoms. The predicted molar refractivity (Wildman–Crippen MR) is 102 cm³/mol. The molecule has 3 aromatic rings. The number of nitrogens with one attached hydrogen (secondary N) is 1. The SMILES string of the molecule is CC(C)Cc1nnc(NC(=O)c2cc(=O)c(OCc3ccccc3F)co2)s1. The molecule has 1 N–H and O–H groups in total. The summed E-state index contributed by atoms with van der Waals surface area (Å²) < 4.78 is 24.1. The molecule has 0 aliphatic heterocycles. The van der Waals surface area contributed by atoms with Gasteiger partial charge in [-0.05, 0) is 12.0 Å². The highest BCUT2D eigenvalue weighted by atomic mass is 32.1. The number of benzene rings is 1. The van der Waals surface area contributed by atoms with E-state index in [2.05, 4.69) is 29.4 Å². The summed E-state index contributed by atoms with van der Waals surface area (Å²) in [6.07, 6.45) is 1.79. The minimum atomic E-state index is -0.620. The second-order valence-corrected chi connectivity index (χ2v) is 7.47. The van der Waals surface area contributed by atoms with Gasteiger partial charge in [-0.15, -0.1) is 10.2 Å². The van der Waals surface area contributed by atoms with Crippen molar-refractivity contribution in [2.75, 3.05) is 5.32 Å². The molecular weight excluding hydrogens is 385 g/mol. The van der Waals surface area contributed by atoms with Crippen LogP contribution in [0.15, 0.2) is 45.8 Å². The van der Waals surface area contributed by atoms with E-state index in [1.165, 1.54) is 17.4 Å². The van der Waals surface area contributed by atoms with E-state index in [1.807, 2.05) is 0 Å². The fourth-order valence-corrected chi connectivity index (χ4v) is 3.24. The molecule has 0 aliphatic rings.